The molecule has 0 saturated carbocycles. The number of thiazole rings is 1. The lowest BCUT2D eigenvalue weighted by molar-refractivity contribution is 0.0579. The van der Waals surface area contributed by atoms with Crippen molar-refractivity contribution in [2.75, 3.05) is 44.2 Å². The molecule has 4 aromatic rings. The Morgan fingerprint density at radius 3 is 2.51 bits per heavy atom. The first-order chi connectivity index (χ1) is 18.0. The lowest BCUT2D eigenvalue weighted by atomic mass is 10.0. The van der Waals surface area contributed by atoms with Crippen LogP contribution in [0.15, 0.2) is 61.1 Å². The van der Waals surface area contributed by atoms with Crippen molar-refractivity contribution in [1.82, 2.24) is 19.9 Å². The van der Waals surface area contributed by atoms with Crippen molar-refractivity contribution in [3.63, 3.8) is 0 Å². The van der Waals surface area contributed by atoms with Gasteiger partial charge in [0.25, 0.3) is 0 Å². The maximum Gasteiger partial charge on any atom is 0.0966 e. The fourth-order valence-corrected chi connectivity index (χ4v) is 5.90. The number of anilines is 1. The summed E-state index contributed by atoms with van der Waals surface area (Å²) >= 11 is 1.81. The number of hydrogen-bond donors (Lipinski definition) is 0. The van der Waals surface area contributed by atoms with Crippen LogP contribution in [0, 0.1) is 0 Å². The van der Waals surface area contributed by atoms with Crippen LogP contribution in [-0.2, 0) is 11.2 Å². The van der Waals surface area contributed by atoms with E-state index in [-0.39, 0.29) is 0 Å². The molecule has 5 rings (SSSR count). The number of aromatic nitrogens is 3. The van der Waals surface area contributed by atoms with Gasteiger partial charge in [-0.25, -0.2) is 4.98 Å². The standard InChI is InChI=1S/C30H37N5OS/c1-22(2)36-19-18-34-14-16-35(17-15-34)27-10-13-32-26(21-27)6-4-23(3)30-33-28-7-5-25(20-29(28)37-30)24-8-11-31-12-9-24/h5,7-13,20-23H,4,6,14-19H2,1-3H3. The fourth-order valence-electron chi connectivity index (χ4n) is 4.81. The second-order valence-electron chi connectivity index (χ2n) is 10.2. The van der Waals surface area contributed by atoms with Crippen molar-refractivity contribution in [2.45, 2.75) is 45.6 Å². The average molecular weight is 516 g/mol. The van der Waals surface area contributed by atoms with Crippen LogP contribution < -0.4 is 4.90 Å². The number of ether oxygens (including phenoxy) is 1. The van der Waals surface area contributed by atoms with Crippen molar-refractivity contribution in [3.8, 4) is 11.1 Å². The molecule has 1 aliphatic heterocycles. The molecule has 4 heterocycles. The van der Waals surface area contributed by atoms with Crippen LogP contribution >= 0.6 is 11.3 Å². The summed E-state index contributed by atoms with van der Waals surface area (Å²) in [5.74, 6) is 0.392. The zero-order valence-electron chi connectivity index (χ0n) is 22.1. The van der Waals surface area contributed by atoms with Crippen molar-refractivity contribution in [3.05, 3.63) is 71.8 Å². The van der Waals surface area contributed by atoms with Gasteiger partial charge < -0.3 is 9.64 Å². The van der Waals surface area contributed by atoms with E-state index in [0.29, 0.717) is 12.0 Å². The van der Waals surface area contributed by atoms with Crippen LogP contribution in [-0.4, -0.2) is 65.3 Å². The number of rotatable bonds is 10. The number of fused-ring (bicyclic) bond motifs is 1. The van der Waals surface area contributed by atoms with Crippen molar-refractivity contribution < 1.29 is 4.74 Å². The van der Waals surface area contributed by atoms with Gasteiger partial charge in [0.2, 0.25) is 0 Å². The van der Waals surface area contributed by atoms with Crippen LogP contribution in [0.25, 0.3) is 21.3 Å². The van der Waals surface area contributed by atoms with E-state index in [0.717, 1.165) is 63.4 Å². The van der Waals surface area contributed by atoms with Crippen LogP contribution in [0.1, 0.15) is 43.8 Å². The number of aryl methyl sites for hydroxylation is 1. The molecule has 0 N–H and O–H groups in total. The molecule has 1 aromatic carbocycles. The third kappa shape index (κ3) is 6.72. The van der Waals surface area contributed by atoms with E-state index in [1.165, 1.54) is 26.5 Å². The molecule has 0 aliphatic carbocycles. The summed E-state index contributed by atoms with van der Waals surface area (Å²) in [5.41, 5.74) is 5.94. The Morgan fingerprint density at radius 1 is 0.919 bits per heavy atom. The average Bonchev–Trinajstić information content (AvgIpc) is 3.36. The Morgan fingerprint density at radius 2 is 1.73 bits per heavy atom. The fraction of sp³-hybridized carbons (Fsp3) is 0.433. The van der Waals surface area contributed by atoms with E-state index in [4.69, 9.17) is 9.72 Å². The Balaban J connectivity index is 1.16. The maximum absolute atomic E-state index is 5.72. The van der Waals surface area contributed by atoms with E-state index < -0.39 is 0 Å². The van der Waals surface area contributed by atoms with Gasteiger partial charge in [0.15, 0.2) is 0 Å². The zero-order valence-corrected chi connectivity index (χ0v) is 23.0. The molecular weight excluding hydrogens is 478 g/mol. The third-order valence-electron chi connectivity index (χ3n) is 7.07. The van der Waals surface area contributed by atoms with E-state index in [2.05, 4.69) is 83.0 Å². The maximum atomic E-state index is 5.72. The SMILES string of the molecule is CC(C)OCCN1CCN(c2ccnc(CCC(C)c3nc4ccc(-c5ccncc5)cc4s3)c2)CC1. The van der Waals surface area contributed by atoms with E-state index >= 15 is 0 Å². The summed E-state index contributed by atoms with van der Waals surface area (Å²) in [5, 5.41) is 1.20. The van der Waals surface area contributed by atoms with Crippen molar-refractivity contribution >= 4 is 27.2 Å². The molecule has 3 aromatic heterocycles. The van der Waals surface area contributed by atoms with Gasteiger partial charge in [0.1, 0.15) is 0 Å². The molecule has 194 valence electrons. The van der Waals surface area contributed by atoms with Crippen LogP contribution in [0.4, 0.5) is 5.69 Å². The minimum Gasteiger partial charge on any atom is -0.377 e. The normalized spacial score (nSPS) is 15.5. The first kappa shape index (κ1) is 25.8. The first-order valence-electron chi connectivity index (χ1n) is 13.4. The summed E-state index contributed by atoms with van der Waals surface area (Å²) in [6.07, 6.45) is 7.95. The van der Waals surface area contributed by atoms with Gasteiger partial charge in [0, 0.05) is 68.6 Å². The van der Waals surface area contributed by atoms with Crippen LogP contribution in [0.5, 0.6) is 0 Å². The Hall–Kier alpha value is -2.87. The van der Waals surface area contributed by atoms with Gasteiger partial charge in [-0.05, 0) is 74.2 Å². The summed E-state index contributed by atoms with van der Waals surface area (Å²) < 4.78 is 6.96. The summed E-state index contributed by atoms with van der Waals surface area (Å²) in [6.45, 7) is 12.6. The highest BCUT2D eigenvalue weighted by atomic mass is 32.1. The number of piperazine rings is 1. The lowest BCUT2D eigenvalue weighted by Gasteiger charge is -2.36. The number of nitrogens with zero attached hydrogens (tertiary/aromatic N) is 5. The van der Waals surface area contributed by atoms with Crippen molar-refractivity contribution in [1.29, 1.82) is 0 Å². The largest absolute Gasteiger partial charge is 0.377 e. The van der Waals surface area contributed by atoms with Gasteiger partial charge in [-0.3, -0.25) is 14.9 Å². The van der Waals surface area contributed by atoms with E-state index in [1.54, 1.807) is 0 Å². The molecule has 1 aliphatic rings. The summed E-state index contributed by atoms with van der Waals surface area (Å²) in [6, 6.07) is 15.1. The summed E-state index contributed by atoms with van der Waals surface area (Å²) in [4.78, 5) is 18.8. The van der Waals surface area contributed by atoms with Gasteiger partial charge in [-0.15, -0.1) is 11.3 Å². The first-order valence-corrected chi connectivity index (χ1v) is 14.2. The molecule has 7 heteroatoms. The molecule has 1 unspecified atom stereocenters. The molecule has 1 saturated heterocycles. The predicted octanol–water partition coefficient (Wildman–Crippen LogP) is 6.04. The van der Waals surface area contributed by atoms with Crippen LogP contribution in [0.2, 0.25) is 0 Å². The monoisotopic (exact) mass is 515 g/mol. The van der Waals surface area contributed by atoms with Gasteiger partial charge >= 0.3 is 0 Å². The topological polar surface area (TPSA) is 54.4 Å². The van der Waals surface area contributed by atoms with Crippen molar-refractivity contribution in [2.24, 2.45) is 0 Å². The minimum atomic E-state index is 0.305. The molecule has 0 spiro atoms. The Bertz CT molecular complexity index is 1280. The molecule has 37 heavy (non-hydrogen) atoms. The third-order valence-corrected chi connectivity index (χ3v) is 8.32. The quantitative estimate of drug-likeness (QED) is 0.257. The van der Waals surface area contributed by atoms with Gasteiger partial charge in [-0.1, -0.05) is 13.0 Å². The van der Waals surface area contributed by atoms with E-state index in [9.17, 15) is 0 Å². The zero-order chi connectivity index (χ0) is 25.6. The van der Waals surface area contributed by atoms with E-state index in [1.807, 2.05) is 29.9 Å². The Labute approximate surface area is 224 Å². The minimum absolute atomic E-state index is 0.305. The molecule has 6 nitrogen and oxygen atoms in total. The Kier molecular flexibility index (Phi) is 8.44. The number of benzene rings is 1. The molecule has 0 radical (unpaired) electrons. The van der Waals surface area contributed by atoms with Gasteiger partial charge in [0.05, 0.1) is 27.9 Å². The highest BCUT2D eigenvalue weighted by molar-refractivity contribution is 7.18. The molecular formula is C30H37N5OS. The smallest absolute Gasteiger partial charge is 0.0966 e. The molecule has 0 bridgehead atoms. The molecule has 0 amide bonds. The van der Waals surface area contributed by atoms with Crippen LogP contribution in [0.3, 0.4) is 0 Å². The second kappa shape index (κ2) is 12.1. The molecule has 1 fully saturated rings. The molecule has 1 atom stereocenters. The number of pyridine rings is 2. The second-order valence-corrected chi connectivity index (χ2v) is 11.2. The van der Waals surface area contributed by atoms with Gasteiger partial charge in [-0.2, -0.15) is 0 Å². The summed E-state index contributed by atoms with van der Waals surface area (Å²) in [7, 11) is 0. The highest BCUT2D eigenvalue weighted by Gasteiger charge is 2.18. The predicted molar refractivity (Wildman–Crippen MR) is 154 cm³/mol. The highest BCUT2D eigenvalue weighted by Crippen LogP contribution is 2.33. The lowest BCUT2D eigenvalue weighted by Crippen LogP contribution is -2.47. The number of hydrogen-bond acceptors (Lipinski definition) is 7.